The lowest BCUT2D eigenvalue weighted by atomic mass is 9.94. The summed E-state index contributed by atoms with van der Waals surface area (Å²) >= 11 is 0. The van der Waals surface area contributed by atoms with Gasteiger partial charge in [0.25, 0.3) is 0 Å². The zero-order valence-electron chi connectivity index (χ0n) is 12.0. The van der Waals surface area contributed by atoms with Crippen LogP contribution in [0.1, 0.15) is 52.9 Å². The standard InChI is InChI=1S/C15H30N2/c1-4-14(3)16-11-7-15(8-12-16)17-9-5-13(2)6-10-17/h13-15H,4-12H2,1-3H3/t14-/m0/s1. The number of likely N-dealkylation sites (tertiary alicyclic amines) is 2. The van der Waals surface area contributed by atoms with E-state index in [0.29, 0.717) is 0 Å². The van der Waals surface area contributed by atoms with Crippen LogP contribution in [0, 0.1) is 5.92 Å². The van der Waals surface area contributed by atoms with Crippen molar-refractivity contribution < 1.29 is 0 Å². The van der Waals surface area contributed by atoms with E-state index in [-0.39, 0.29) is 0 Å². The summed E-state index contributed by atoms with van der Waals surface area (Å²) < 4.78 is 0. The highest BCUT2D eigenvalue weighted by Crippen LogP contribution is 2.24. The van der Waals surface area contributed by atoms with Crippen molar-refractivity contribution in [1.82, 2.24) is 9.80 Å². The third-order valence-corrected chi connectivity index (χ3v) is 5.05. The summed E-state index contributed by atoms with van der Waals surface area (Å²) in [5, 5.41) is 0. The van der Waals surface area contributed by atoms with Crippen LogP contribution in [0.25, 0.3) is 0 Å². The Labute approximate surface area is 107 Å². The summed E-state index contributed by atoms with van der Waals surface area (Å²) in [5.74, 6) is 0.964. The van der Waals surface area contributed by atoms with E-state index >= 15 is 0 Å². The number of piperidine rings is 2. The number of hydrogen-bond acceptors (Lipinski definition) is 2. The normalized spacial score (nSPS) is 28.4. The van der Waals surface area contributed by atoms with E-state index in [1.165, 1.54) is 58.3 Å². The molecule has 100 valence electrons. The molecule has 2 saturated heterocycles. The molecule has 2 fully saturated rings. The lowest BCUT2D eigenvalue weighted by Gasteiger charge is -2.42. The number of hydrogen-bond donors (Lipinski definition) is 0. The average Bonchev–Trinajstić information content (AvgIpc) is 2.39. The maximum atomic E-state index is 2.77. The van der Waals surface area contributed by atoms with Gasteiger partial charge in [-0.3, -0.25) is 0 Å². The molecule has 0 aromatic carbocycles. The van der Waals surface area contributed by atoms with Crippen LogP contribution in [0.4, 0.5) is 0 Å². The fourth-order valence-corrected chi connectivity index (χ4v) is 3.34. The zero-order valence-corrected chi connectivity index (χ0v) is 12.0. The lowest BCUT2D eigenvalue weighted by Crippen LogP contribution is -2.49. The van der Waals surface area contributed by atoms with E-state index in [4.69, 9.17) is 0 Å². The molecule has 2 heterocycles. The Morgan fingerprint density at radius 3 is 2.12 bits per heavy atom. The quantitative estimate of drug-likeness (QED) is 0.746. The number of nitrogens with zero attached hydrogens (tertiary/aromatic N) is 2. The fourth-order valence-electron chi connectivity index (χ4n) is 3.34. The van der Waals surface area contributed by atoms with Gasteiger partial charge in [0.05, 0.1) is 0 Å². The van der Waals surface area contributed by atoms with Gasteiger partial charge in [0.15, 0.2) is 0 Å². The molecule has 2 heteroatoms. The van der Waals surface area contributed by atoms with Crippen LogP contribution in [-0.2, 0) is 0 Å². The SMILES string of the molecule is CC[C@H](C)N1CCC(N2CCC(C)CC2)CC1. The van der Waals surface area contributed by atoms with Gasteiger partial charge in [-0.2, -0.15) is 0 Å². The minimum absolute atomic E-state index is 0.789. The van der Waals surface area contributed by atoms with E-state index in [9.17, 15) is 0 Å². The van der Waals surface area contributed by atoms with Crippen LogP contribution in [-0.4, -0.2) is 48.1 Å². The summed E-state index contributed by atoms with van der Waals surface area (Å²) in [6.45, 7) is 12.5. The molecule has 0 unspecified atom stereocenters. The monoisotopic (exact) mass is 238 g/mol. The summed E-state index contributed by atoms with van der Waals surface area (Å²) in [6.07, 6.45) is 6.94. The summed E-state index contributed by atoms with van der Waals surface area (Å²) in [4.78, 5) is 5.46. The second-order valence-electron chi connectivity index (χ2n) is 6.24. The Hall–Kier alpha value is -0.0800. The molecule has 1 atom stereocenters. The summed E-state index contributed by atoms with van der Waals surface area (Å²) in [6, 6.07) is 1.68. The summed E-state index contributed by atoms with van der Waals surface area (Å²) in [7, 11) is 0. The van der Waals surface area contributed by atoms with Gasteiger partial charge in [-0.1, -0.05) is 13.8 Å². The topological polar surface area (TPSA) is 6.48 Å². The molecular weight excluding hydrogens is 208 g/mol. The van der Waals surface area contributed by atoms with Crippen LogP contribution in [0.5, 0.6) is 0 Å². The van der Waals surface area contributed by atoms with Crippen LogP contribution < -0.4 is 0 Å². The van der Waals surface area contributed by atoms with E-state index in [2.05, 4.69) is 30.6 Å². The molecule has 0 N–H and O–H groups in total. The minimum Gasteiger partial charge on any atom is -0.301 e. The van der Waals surface area contributed by atoms with Gasteiger partial charge in [-0.25, -0.2) is 0 Å². The zero-order chi connectivity index (χ0) is 12.3. The van der Waals surface area contributed by atoms with Crippen LogP contribution in [0.15, 0.2) is 0 Å². The van der Waals surface area contributed by atoms with Gasteiger partial charge < -0.3 is 9.80 Å². The van der Waals surface area contributed by atoms with Crippen molar-refractivity contribution in [3.05, 3.63) is 0 Å². The largest absolute Gasteiger partial charge is 0.301 e. The molecule has 0 aromatic heterocycles. The van der Waals surface area contributed by atoms with E-state index in [1.54, 1.807) is 0 Å². The van der Waals surface area contributed by atoms with Gasteiger partial charge in [0, 0.05) is 12.1 Å². The Bertz CT molecular complexity index is 213. The second-order valence-corrected chi connectivity index (χ2v) is 6.24. The third-order valence-electron chi connectivity index (χ3n) is 5.05. The Morgan fingerprint density at radius 1 is 1.00 bits per heavy atom. The summed E-state index contributed by atoms with van der Waals surface area (Å²) in [5.41, 5.74) is 0. The molecule has 17 heavy (non-hydrogen) atoms. The molecule has 0 bridgehead atoms. The van der Waals surface area contributed by atoms with Crippen molar-refractivity contribution in [2.45, 2.75) is 65.0 Å². The molecule has 0 aromatic rings. The predicted molar refractivity (Wildman–Crippen MR) is 74.3 cm³/mol. The van der Waals surface area contributed by atoms with Crippen LogP contribution in [0.2, 0.25) is 0 Å². The highest BCUT2D eigenvalue weighted by molar-refractivity contribution is 4.83. The molecule has 0 radical (unpaired) electrons. The van der Waals surface area contributed by atoms with Gasteiger partial charge in [-0.05, 0) is 71.1 Å². The lowest BCUT2D eigenvalue weighted by molar-refractivity contribution is 0.0658. The Balaban J connectivity index is 1.75. The first-order valence-corrected chi connectivity index (χ1v) is 7.68. The first-order chi connectivity index (χ1) is 8.20. The third kappa shape index (κ3) is 3.45. The van der Waals surface area contributed by atoms with Crippen molar-refractivity contribution in [2.24, 2.45) is 5.92 Å². The minimum atomic E-state index is 0.789. The second kappa shape index (κ2) is 6.19. The molecule has 0 saturated carbocycles. The van der Waals surface area contributed by atoms with Crippen molar-refractivity contribution >= 4 is 0 Å². The highest BCUT2D eigenvalue weighted by Gasteiger charge is 2.28. The highest BCUT2D eigenvalue weighted by atomic mass is 15.2. The smallest absolute Gasteiger partial charge is 0.0120 e. The van der Waals surface area contributed by atoms with Crippen LogP contribution >= 0.6 is 0 Å². The average molecular weight is 238 g/mol. The Kier molecular flexibility index (Phi) is 4.87. The van der Waals surface area contributed by atoms with Crippen molar-refractivity contribution in [1.29, 1.82) is 0 Å². The molecule has 0 aliphatic carbocycles. The van der Waals surface area contributed by atoms with Crippen molar-refractivity contribution in [2.75, 3.05) is 26.2 Å². The molecule has 0 spiro atoms. The van der Waals surface area contributed by atoms with Crippen LogP contribution in [0.3, 0.4) is 0 Å². The molecule has 0 amide bonds. The maximum Gasteiger partial charge on any atom is 0.0120 e. The molecule has 2 nitrogen and oxygen atoms in total. The molecule has 2 rings (SSSR count). The first kappa shape index (κ1) is 13.4. The molecule has 2 aliphatic heterocycles. The maximum absolute atomic E-state index is 2.77. The van der Waals surface area contributed by atoms with E-state index in [0.717, 1.165) is 18.0 Å². The van der Waals surface area contributed by atoms with Gasteiger partial charge in [-0.15, -0.1) is 0 Å². The molecule has 2 aliphatic rings. The Morgan fingerprint density at radius 2 is 1.59 bits per heavy atom. The van der Waals surface area contributed by atoms with Gasteiger partial charge >= 0.3 is 0 Å². The van der Waals surface area contributed by atoms with E-state index < -0.39 is 0 Å². The van der Waals surface area contributed by atoms with Crippen molar-refractivity contribution in [3.8, 4) is 0 Å². The predicted octanol–water partition coefficient (Wildman–Crippen LogP) is 2.98. The molecular formula is C15H30N2. The number of rotatable bonds is 3. The fraction of sp³-hybridized carbons (Fsp3) is 1.00. The van der Waals surface area contributed by atoms with Gasteiger partial charge in [0.2, 0.25) is 0 Å². The van der Waals surface area contributed by atoms with Gasteiger partial charge in [0.1, 0.15) is 0 Å². The van der Waals surface area contributed by atoms with Crippen molar-refractivity contribution in [3.63, 3.8) is 0 Å². The van der Waals surface area contributed by atoms with E-state index in [1.807, 2.05) is 0 Å². The first-order valence-electron chi connectivity index (χ1n) is 7.68.